The Balaban J connectivity index is 1.72. The molecule has 0 atom stereocenters. The molecule has 108 valence electrons. The van der Waals surface area contributed by atoms with Crippen LogP contribution in [-0.4, -0.2) is 41.6 Å². The quantitative estimate of drug-likeness (QED) is 0.832. The average Bonchev–Trinajstić information content (AvgIpc) is 3.11. The Hall–Kier alpha value is -1.26. The van der Waals surface area contributed by atoms with E-state index in [0.29, 0.717) is 13.1 Å². The van der Waals surface area contributed by atoms with Crippen molar-refractivity contribution in [3.63, 3.8) is 0 Å². The van der Waals surface area contributed by atoms with E-state index in [1.165, 1.54) is 0 Å². The van der Waals surface area contributed by atoms with Gasteiger partial charge in [-0.25, -0.2) is 4.79 Å². The predicted octanol–water partition coefficient (Wildman–Crippen LogP) is 1.91. The number of nitrogens with one attached hydrogen (secondary N) is 1. The molecular weight excluding hydrogens is 244 g/mol. The fraction of sp³-hybridized carbons (Fsp3) is 0.857. The van der Waals surface area contributed by atoms with E-state index in [1.807, 2.05) is 20.8 Å². The first-order valence-electron chi connectivity index (χ1n) is 7.13. The lowest BCUT2D eigenvalue weighted by Crippen LogP contribution is -2.48. The molecule has 5 heteroatoms. The SMILES string of the molecule is CC(C)(C)OC(=O)N1CCC(NC(=O)C2CC2)CC1. The van der Waals surface area contributed by atoms with Crippen LogP contribution >= 0.6 is 0 Å². The van der Waals surface area contributed by atoms with Crippen LogP contribution in [0.3, 0.4) is 0 Å². The number of hydrogen-bond donors (Lipinski definition) is 1. The average molecular weight is 268 g/mol. The number of rotatable bonds is 2. The van der Waals surface area contributed by atoms with E-state index in [1.54, 1.807) is 4.90 Å². The molecule has 5 nitrogen and oxygen atoms in total. The van der Waals surface area contributed by atoms with Crippen molar-refractivity contribution in [2.24, 2.45) is 5.92 Å². The number of piperidine rings is 1. The van der Waals surface area contributed by atoms with E-state index >= 15 is 0 Å². The predicted molar refractivity (Wildman–Crippen MR) is 71.7 cm³/mol. The standard InChI is InChI=1S/C14H24N2O3/c1-14(2,3)19-13(18)16-8-6-11(7-9-16)15-12(17)10-4-5-10/h10-11H,4-9H2,1-3H3,(H,15,17). The van der Waals surface area contributed by atoms with Crippen molar-refractivity contribution in [1.29, 1.82) is 0 Å². The highest BCUT2D eigenvalue weighted by atomic mass is 16.6. The molecule has 0 aromatic rings. The number of amides is 2. The Morgan fingerprint density at radius 3 is 2.16 bits per heavy atom. The lowest BCUT2D eigenvalue weighted by Gasteiger charge is -2.33. The van der Waals surface area contributed by atoms with E-state index in [0.717, 1.165) is 25.7 Å². The van der Waals surface area contributed by atoms with Gasteiger partial charge in [0, 0.05) is 25.0 Å². The maximum atomic E-state index is 11.9. The van der Waals surface area contributed by atoms with Gasteiger partial charge in [-0.15, -0.1) is 0 Å². The second-order valence-electron chi connectivity index (χ2n) is 6.52. The van der Waals surface area contributed by atoms with E-state index in [-0.39, 0.29) is 24.0 Å². The van der Waals surface area contributed by atoms with Gasteiger partial charge in [0.2, 0.25) is 5.91 Å². The summed E-state index contributed by atoms with van der Waals surface area (Å²) in [5, 5.41) is 3.07. The van der Waals surface area contributed by atoms with Gasteiger partial charge in [-0.1, -0.05) is 0 Å². The Bertz CT molecular complexity index is 350. The molecule has 2 fully saturated rings. The summed E-state index contributed by atoms with van der Waals surface area (Å²) in [5.41, 5.74) is -0.450. The van der Waals surface area contributed by atoms with Gasteiger partial charge in [-0.2, -0.15) is 0 Å². The van der Waals surface area contributed by atoms with E-state index < -0.39 is 5.60 Å². The van der Waals surface area contributed by atoms with Crippen molar-refractivity contribution in [2.75, 3.05) is 13.1 Å². The first kappa shape index (κ1) is 14.2. The number of likely N-dealkylation sites (tertiary alicyclic amines) is 1. The van der Waals surface area contributed by atoms with E-state index in [9.17, 15) is 9.59 Å². The molecule has 2 rings (SSSR count). The summed E-state index contributed by atoms with van der Waals surface area (Å²) in [6.07, 6.45) is 3.44. The maximum Gasteiger partial charge on any atom is 0.410 e. The fourth-order valence-electron chi connectivity index (χ4n) is 2.20. The molecular formula is C14H24N2O3. The Morgan fingerprint density at radius 2 is 1.68 bits per heavy atom. The van der Waals surface area contributed by atoms with Gasteiger partial charge in [0.15, 0.2) is 0 Å². The first-order chi connectivity index (χ1) is 8.85. The minimum Gasteiger partial charge on any atom is -0.444 e. The maximum absolute atomic E-state index is 11.9. The summed E-state index contributed by atoms with van der Waals surface area (Å²) >= 11 is 0. The topological polar surface area (TPSA) is 58.6 Å². The van der Waals surface area contributed by atoms with Crippen molar-refractivity contribution < 1.29 is 14.3 Å². The third-order valence-corrected chi connectivity index (χ3v) is 3.44. The van der Waals surface area contributed by atoms with Crippen LogP contribution in [0.4, 0.5) is 4.79 Å². The molecule has 1 heterocycles. The number of hydrogen-bond acceptors (Lipinski definition) is 3. The molecule has 1 aliphatic carbocycles. The summed E-state index contributed by atoms with van der Waals surface area (Å²) in [4.78, 5) is 25.3. The molecule has 1 saturated heterocycles. The molecule has 1 aliphatic heterocycles. The van der Waals surface area contributed by atoms with Crippen LogP contribution in [0.15, 0.2) is 0 Å². The van der Waals surface area contributed by atoms with Gasteiger partial charge in [0.05, 0.1) is 0 Å². The van der Waals surface area contributed by atoms with Crippen LogP contribution in [0.25, 0.3) is 0 Å². The minimum absolute atomic E-state index is 0.190. The highest BCUT2D eigenvalue weighted by Crippen LogP contribution is 2.29. The molecule has 0 aromatic carbocycles. The van der Waals surface area contributed by atoms with Crippen molar-refractivity contribution >= 4 is 12.0 Å². The second-order valence-corrected chi connectivity index (χ2v) is 6.52. The smallest absolute Gasteiger partial charge is 0.410 e. The van der Waals surface area contributed by atoms with Gasteiger partial charge < -0.3 is 15.0 Å². The fourth-order valence-corrected chi connectivity index (χ4v) is 2.20. The van der Waals surface area contributed by atoms with Crippen LogP contribution < -0.4 is 5.32 Å². The lowest BCUT2D eigenvalue weighted by atomic mass is 10.1. The van der Waals surface area contributed by atoms with Crippen molar-refractivity contribution in [3.8, 4) is 0 Å². The zero-order valence-electron chi connectivity index (χ0n) is 12.1. The number of carbonyl (C=O) groups is 2. The number of ether oxygens (including phenoxy) is 1. The largest absolute Gasteiger partial charge is 0.444 e. The summed E-state index contributed by atoms with van der Waals surface area (Å²) in [6, 6.07) is 0.215. The van der Waals surface area contributed by atoms with Crippen LogP contribution in [-0.2, 0) is 9.53 Å². The highest BCUT2D eigenvalue weighted by Gasteiger charge is 2.32. The Morgan fingerprint density at radius 1 is 1.11 bits per heavy atom. The molecule has 1 N–H and O–H groups in total. The molecule has 0 spiro atoms. The zero-order valence-corrected chi connectivity index (χ0v) is 12.1. The third-order valence-electron chi connectivity index (χ3n) is 3.44. The third kappa shape index (κ3) is 4.40. The summed E-state index contributed by atoms with van der Waals surface area (Å²) in [7, 11) is 0. The van der Waals surface area contributed by atoms with Gasteiger partial charge in [-0.05, 0) is 46.5 Å². The van der Waals surface area contributed by atoms with Crippen molar-refractivity contribution in [3.05, 3.63) is 0 Å². The monoisotopic (exact) mass is 268 g/mol. The first-order valence-corrected chi connectivity index (χ1v) is 7.13. The summed E-state index contributed by atoms with van der Waals surface area (Å²) in [5.74, 6) is 0.444. The van der Waals surface area contributed by atoms with Gasteiger partial charge in [0.1, 0.15) is 5.60 Å². The zero-order chi connectivity index (χ0) is 14.0. The second kappa shape index (κ2) is 5.39. The molecule has 0 aromatic heterocycles. The highest BCUT2D eigenvalue weighted by molar-refractivity contribution is 5.81. The lowest BCUT2D eigenvalue weighted by molar-refractivity contribution is -0.123. The van der Waals surface area contributed by atoms with Crippen LogP contribution in [0.1, 0.15) is 46.5 Å². The normalized spacial score (nSPS) is 21.1. The molecule has 0 bridgehead atoms. The molecule has 1 saturated carbocycles. The van der Waals surface area contributed by atoms with E-state index in [4.69, 9.17) is 4.74 Å². The van der Waals surface area contributed by atoms with Gasteiger partial charge in [0.25, 0.3) is 0 Å². The molecule has 2 aliphatic rings. The minimum atomic E-state index is -0.450. The van der Waals surface area contributed by atoms with Crippen molar-refractivity contribution in [1.82, 2.24) is 10.2 Å². The Labute approximate surface area is 114 Å². The van der Waals surface area contributed by atoms with E-state index in [2.05, 4.69) is 5.32 Å². The van der Waals surface area contributed by atoms with Crippen LogP contribution in [0.5, 0.6) is 0 Å². The van der Waals surface area contributed by atoms with Crippen LogP contribution in [0.2, 0.25) is 0 Å². The number of nitrogens with zero attached hydrogens (tertiary/aromatic N) is 1. The summed E-state index contributed by atoms with van der Waals surface area (Å²) in [6.45, 7) is 6.92. The molecule has 19 heavy (non-hydrogen) atoms. The molecule has 2 amide bonds. The summed E-state index contributed by atoms with van der Waals surface area (Å²) < 4.78 is 5.34. The van der Waals surface area contributed by atoms with Gasteiger partial charge in [-0.3, -0.25) is 4.79 Å². The molecule has 0 unspecified atom stereocenters. The molecule has 0 radical (unpaired) electrons. The van der Waals surface area contributed by atoms with Crippen molar-refractivity contribution in [2.45, 2.75) is 58.1 Å². The van der Waals surface area contributed by atoms with Crippen LogP contribution in [0, 0.1) is 5.92 Å². The Kier molecular flexibility index (Phi) is 4.02. The number of carbonyl (C=O) groups excluding carboxylic acids is 2. The van der Waals surface area contributed by atoms with Gasteiger partial charge >= 0.3 is 6.09 Å².